The Balaban J connectivity index is 1.22. The van der Waals surface area contributed by atoms with Crippen LogP contribution in [0.25, 0.3) is 16.9 Å². The fourth-order valence-electron chi connectivity index (χ4n) is 4.84. The molecule has 0 spiro atoms. The summed E-state index contributed by atoms with van der Waals surface area (Å²) >= 11 is 1.40. The van der Waals surface area contributed by atoms with E-state index in [0.29, 0.717) is 28.4 Å². The van der Waals surface area contributed by atoms with Crippen LogP contribution in [0.5, 0.6) is 0 Å². The third kappa shape index (κ3) is 4.15. The van der Waals surface area contributed by atoms with Crippen molar-refractivity contribution in [2.24, 2.45) is 5.92 Å². The molecule has 3 heterocycles. The van der Waals surface area contributed by atoms with Crippen LogP contribution in [0.15, 0.2) is 84.5 Å². The minimum Gasteiger partial charge on any atom is -0.326 e. The fraction of sp³-hybridized carbons (Fsp3) is 0.143. The first kappa shape index (κ1) is 21.4. The van der Waals surface area contributed by atoms with E-state index in [0.717, 1.165) is 29.8 Å². The number of anilines is 1. The second-order valence-electron chi connectivity index (χ2n) is 8.81. The number of benzene rings is 2. The molecular formula is C28H22N4O2S. The number of hydrogen-bond acceptors (Lipinski definition) is 5. The lowest BCUT2D eigenvalue weighted by molar-refractivity contribution is -0.117. The number of aromatic nitrogens is 3. The molecule has 6 nitrogen and oxygen atoms in total. The molecule has 1 amide bonds. The molecule has 2 aromatic carbocycles. The van der Waals surface area contributed by atoms with Gasteiger partial charge in [0.1, 0.15) is 0 Å². The number of nitrogens with zero attached hydrogens (tertiary/aromatic N) is 3. The molecule has 0 atom stereocenters. The second kappa shape index (κ2) is 8.92. The molecule has 5 aromatic rings. The molecular weight excluding hydrogens is 456 g/mol. The van der Waals surface area contributed by atoms with Crippen molar-refractivity contribution in [1.29, 1.82) is 0 Å². The molecule has 7 heteroatoms. The molecule has 3 aromatic heterocycles. The van der Waals surface area contributed by atoms with Gasteiger partial charge in [-0.25, -0.2) is 9.50 Å². The predicted molar refractivity (Wildman–Crippen MR) is 137 cm³/mol. The highest BCUT2D eigenvalue weighted by atomic mass is 32.1. The lowest BCUT2D eigenvalue weighted by Gasteiger charge is -2.11. The molecule has 0 fully saturated rings. The molecule has 172 valence electrons. The largest absolute Gasteiger partial charge is 0.326 e. The van der Waals surface area contributed by atoms with E-state index >= 15 is 0 Å². The Bertz CT molecular complexity index is 1530. The summed E-state index contributed by atoms with van der Waals surface area (Å²) in [6.45, 7) is 0. The zero-order valence-electron chi connectivity index (χ0n) is 18.8. The average molecular weight is 479 g/mol. The monoisotopic (exact) mass is 478 g/mol. The van der Waals surface area contributed by atoms with Crippen molar-refractivity contribution in [3.63, 3.8) is 0 Å². The first-order valence-corrected chi connectivity index (χ1v) is 12.4. The summed E-state index contributed by atoms with van der Waals surface area (Å²) in [7, 11) is 0. The number of amides is 1. The molecule has 0 saturated heterocycles. The summed E-state index contributed by atoms with van der Waals surface area (Å²) < 4.78 is 1.68. The molecule has 1 N–H and O–H groups in total. The van der Waals surface area contributed by atoms with E-state index in [4.69, 9.17) is 0 Å². The van der Waals surface area contributed by atoms with E-state index in [-0.39, 0.29) is 11.7 Å². The maximum atomic E-state index is 12.9. The molecule has 6 rings (SSSR count). The van der Waals surface area contributed by atoms with Gasteiger partial charge in [0.15, 0.2) is 5.65 Å². The number of rotatable bonds is 6. The van der Waals surface area contributed by atoms with Crippen LogP contribution in [0.4, 0.5) is 5.69 Å². The van der Waals surface area contributed by atoms with E-state index in [1.807, 2.05) is 41.8 Å². The van der Waals surface area contributed by atoms with Gasteiger partial charge in [0.25, 0.3) is 0 Å². The minimum absolute atomic E-state index is 0.0164. The van der Waals surface area contributed by atoms with Gasteiger partial charge < -0.3 is 5.32 Å². The summed E-state index contributed by atoms with van der Waals surface area (Å²) in [5.41, 5.74) is 6.09. The summed E-state index contributed by atoms with van der Waals surface area (Å²) in [4.78, 5) is 30.8. The number of carbonyl (C=O) groups is 2. The van der Waals surface area contributed by atoms with E-state index in [2.05, 4.69) is 39.7 Å². The predicted octanol–water partition coefficient (Wildman–Crippen LogP) is 5.43. The smallest absolute Gasteiger partial charge is 0.224 e. The highest BCUT2D eigenvalue weighted by molar-refractivity contribution is 7.12. The van der Waals surface area contributed by atoms with Crippen molar-refractivity contribution in [2.45, 2.75) is 19.3 Å². The van der Waals surface area contributed by atoms with Crippen molar-refractivity contribution in [1.82, 2.24) is 14.6 Å². The summed E-state index contributed by atoms with van der Waals surface area (Å²) in [5, 5.41) is 9.39. The molecule has 35 heavy (non-hydrogen) atoms. The van der Waals surface area contributed by atoms with Crippen LogP contribution >= 0.6 is 11.3 Å². The highest BCUT2D eigenvalue weighted by Crippen LogP contribution is 2.29. The van der Waals surface area contributed by atoms with Crippen molar-refractivity contribution < 1.29 is 9.59 Å². The number of nitrogens with one attached hydrogen (secondary N) is 1. The Hall–Kier alpha value is -4.10. The first-order valence-electron chi connectivity index (χ1n) is 11.5. The van der Waals surface area contributed by atoms with E-state index in [1.54, 1.807) is 23.0 Å². The van der Waals surface area contributed by atoms with Crippen molar-refractivity contribution in [3.8, 4) is 11.3 Å². The van der Waals surface area contributed by atoms with E-state index in [9.17, 15) is 9.59 Å². The molecule has 0 radical (unpaired) electrons. The summed E-state index contributed by atoms with van der Waals surface area (Å²) in [5.74, 6) is 0.260. The third-order valence-electron chi connectivity index (χ3n) is 6.44. The Labute approximate surface area is 206 Å². The fourth-order valence-corrected chi connectivity index (χ4v) is 5.51. The van der Waals surface area contributed by atoms with Crippen molar-refractivity contribution in [3.05, 3.63) is 106 Å². The molecule has 0 aliphatic heterocycles. The topological polar surface area (TPSA) is 76.4 Å². The van der Waals surface area contributed by atoms with Gasteiger partial charge in [0, 0.05) is 23.9 Å². The molecule has 0 unspecified atom stereocenters. The zero-order valence-corrected chi connectivity index (χ0v) is 19.7. The van der Waals surface area contributed by atoms with Crippen LogP contribution in [0, 0.1) is 5.92 Å². The Morgan fingerprint density at radius 3 is 2.60 bits per heavy atom. The molecule has 0 saturated carbocycles. The number of ketones is 1. The summed E-state index contributed by atoms with van der Waals surface area (Å²) in [6.07, 6.45) is 5.64. The second-order valence-corrected chi connectivity index (χ2v) is 9.75. The van der Waals surface area contributed by atoms with Crippen LogP contribution < -0.4 is 5.32 Å². The maximum absolute atomic E-state index is 12.9. The summed E-state index contributed by atoms with van der Waals surface area (Å²) in [6, 6.07) is 21.6. The van der Waals surface area contributed by atoms with Crippen molar-refractivity contribution >= 4 is 34.4 Å². The highest BCUT2D eigenvalue weighted by Gasteiger charge is 2.23. The van der Waals surface area contributed by atoms with Gasteiger partial charge in [-0.3, -0.25) is 9.59 Å². The lowest BCUT2D eigenvalue weighted by Crippen LogP contribution is -2.16. The van der Waals surface area contributed by atoms with Crippen LogP contribution in [0.1, 0.15) is 32.8 Å². The standard InChI is InChI=1S/C28H22N4O2S/c33-26(15-18-13-19-5-1-2-6-20(19)14-18)31-22-8-3-7-21(16-22)24-10-11-29-28-23(17-30-32(24)28)27(34)25-9-4-12-35-25/h1-12,16-18H,13-15H2,(H,31,33). The molecule has 1 aliphatic rings. The average Bonchev–Trinajstić information content (AvgIpc) is 3.62. The quantitative estimate of drug-likeness (QED) is 0.330. The number of hydrogen-bond donors (Lipinski definition) is 1. The van der Waals surface area contributed by atoms with Gasteiger partial charge in [0.05, 0.1) is 22.3 Å². The Morgan fingerprint density at radius 2 is 1.83 bits per heavy atom. The van der Waals surface area contributed by atoms with Gasteiger partial charge in [-0.05, 0) is 59.5 Å². The zero-order chi connectivity index (χ0) is 23.8. The minimum atomic E-state index is -0.0882. The molecule has 1 aliphatic carbocycles. The number of carbonyl (C=O) groups excluding carboxylic acids is 2. The number of fused-ring (bicyclic) bond motifs is 2. The molecule has 0 bridgehead atoms. The van der Waals surface area contributed by atoms with Gasteiger partial charge in [-0.2, -0.15) is 5.10 Å². The van der Waals surface area contributed by atoms with E-state index < -0.39 is 0 Å². The first-order chi connectivity index (χ1) is 17.2. The van der Waals surface area contributed by atoms with Crippen LogP contribution in [0.2, 0.25) is 0 Å². The van der Waals surface area contributed by atoms with Gasteiger partial charge >= 0.3 is 0 Å². The Kier molecular flexibility index (Phi) is 5.47. The van der Waals surface area contributed by atoms with Crippen molar-refractivity contribution in [2.75, 3.05) is 5.32 Å². The van der Waals surface area contributed by atoms with Gasteiger partial charge in [-0.15, -0.1) is 11.3 Å². The SMILES string of the molecule is O=C(CC1Cc2ccccc2C1)Nc1cccc(-c2ccnc3c(C(=O)c4cccs4)cnn23)c1. The van der Waals surface area contributed by atoms with Gasteiger partial charge in [-0.1, -0.05) is 42.5 Å². The Morgan fingerprint density at radius 1 is 1.00 bits per heavy atom. The van der Waals surface area contributed by atoms with Crippen LogP contribution in [-0.4, -0.2) is 26.3 Å². The lowest BCUT2D eigenvalue weighted by atomic mass is 10.0. The van der Waals surface area contributed by atoms with E-state index in [1.165, 1.54) is 22.5 Å². The number of thiophene rings is 1. The third-order valence-corrected chi connectivity index (χ3v) is 7.31. The normalized spacial score (nSPS) is 13.1. The van der Waals surface area contributed by atoms with Gasteiger partial charge in [0.2, 0.25) is 11.7 Å². The maximum Gasteiger partial charge on any atom is 0.224 e. The van der Waals surface area contributed by atoms with Crippen LogP contribution in [0.3, 0.4) is 0 Å². The van der Waals surface area contributed by atoms with Crippen LogP contribution in [-0.2, 0) is 17.6 Å².